The first-order chi connectivity index (χ1) is 8.22. The van der Waals surface area contributed by atoms with E-state index in [4.69, 9.17) is 16.3 Å². The van der Waals surface area contributed by atoms with Crippen LogP contribution in [0, 0.1) is 5.92 Å². The summed E-state index contributed by atoms with van der Waals surface area (Å²) < 4.78 is 7.70. The molecule has 5 heteroatoms. The molecular formula is C12H20ClN3O. The van der Waals surface area contributed by atoms with Gasteiger partial charge in [-0.15, -0.1) is 21.8 Å². The van der Waals surface area contributed by atoms with Crippen molar-refractivity contribution >= 4 is 11.6 Å². The number of halogens is 1. The van der Waals surface area contributed by atoms with Gasteiger partial charge in [0.15, 0.2) is 0 Å². The highest BCUT2D eigenvalue weighted by atomic mass is 35.5. The molecule has 4 nitrogen and oxygen atoms in total. The van der Waals surface area contributed by atoms with E-state index in [1.54, 1.807) is 0 Å². The van der Waals surface area contributed by atoms with Gasteiger partial charge in [-0.1, -0.05) is 13.8 Å². The number of aromatic nitrogens is 3. The molecule has 2 rings (SSSR count). The predicted octanol–water partition coefficient (Wildman–Crippen LogP) is 2.57. The minimum atomic E-state index is 0.381. The molecule has 1 atom stereocenters. The van der Waals surface area contributed by atoms with Crippen LogP contribution in [0.2, 0.25) is 0 Å². The lowest BCUT2D eigenvalue weighted by Gasteiger charge is -2.22. The Balaban J connectivity index is 2.22. The maximum atomic E-state index is 5.91. The van der Waals surface area contributed by atoms with Crippen LogP contribution in [0.5, 0.6) is 0 Å². The lowest BCUT2D eigenvalue weighted by atomic mass is 10.0. The zero-order chi connectivity index (χ0) is 12.3. The SMILES string of the molecule is CC(C)Cn1c(CCl)nnc1C1CCCOC1. The lowest BCUT2D eigenvalue weighted by molar-refractivity contribution is 0.0766. The second-order valence-electron chi connectivity index (χ2n) is 5.03. The Bertz CT molecular complexity index is 359. The average Bonchev–Trinajstić information content (AvgIpc) is 2.72. The standard InChI is InChI=1S/C12H20ClN3O/c1-9(2)7-16-11(6-13)14-15-12(16)10-4-3-5-17-8-10/h9-10H,3-8H2,1-2H3. The monoisotopic (exact) mass is 257 g/mol. The molecule has 0 aliphatic carbocycles. The lowest BCUT2D eigenvalue weighted by Crippen LogP contribution is -2.21. The Morgan fingerprint density at radius 2 is 2.29 bits per heavy atom. The first-order valence-electron chi connectivity index (χ1n) is 6.28. The molecule has 1 fully saturated rings. The van der Waals surface area contributed by atoms with Crippen LogP contribution in [0.3, 0.4) is 0 Å². The van der Waals surface area contributed by atoms with Crippen LogP contribution >= 0.6 is 11.6 Å². The molecule has 0 N–H and O–H groups in total. The van der Waals surface area contributed by atoms with E-state index in [2.05, 4.69) is 28.6 Å². The van der Waals surface area contributed by atoms with Crippen molar-refractivity contribution in [2.45, 2.75) is 45.0 Å². The molecule has 1 aliphatic heterocycles. The maximum absolute atomic E-state index is 5.91. The highest BCUT2D eigenvalue weighted by Crippen LogP contribution is 2.25. The second-order valence-corrected chi connectivity index (χ2v) is 5.29. The minimum absolute atomic E-state index is 0.381. The normalized spacial score (nSPS) is 21.1. The topological polar surface area (TPSA) is 39.9 Å². The molecule has 0 bridgehead atoms. The summed E-state index contributed by atoms with van der Waals surface area (Å²) in [5, 5.41) is 8.50. The van der Waals surface area contributed by atoms with Gasteiger partial charge < -0.3 is 9.30 Å². The quantitative estimate of drug-likeness (QED) is 0.779. The molecule has 2 heterocycles. The van der Waals surface area contributed by atoms with E-state index >= 15 is 0 Å². The third-order valence-electron chi connectivity index (χ3n) is 3.05. The Morgan fingerprint density at radius 3 is 2.88 bits per heavy atom. The average molecular weight is 258 g/mol. The third kappa shape index (κ3) is 2.99. The molecule has 17 heavy (non-hydrogen) atoms. The van der Waals surface area contributed by atoms with E-state index in [1.165, 1.54) is 0 Å². The number of ether oxygens (including phenoxy) is 1. The molecule has 0 spiro atoms. The zero-order valence-corrected chi connectivity index (χ0v) is 11.3. The summed E-state index contributed by atoms with van der Waals surface area (Å²) in [5.41, 5.74) is 0. The molecule has 0 aromatic carbocycles. The van der Waals surface area contributed by atoms with E-state index < -0.39 is 0 Å². The van der Waals surface area contributed by atoms with Crippen molar-refractivity contribution in [1.29, 1.82) is 0 Å². The number of rotatable bonds is 4. The van der Waals surface area contributed by atoms with Crippen LogP contribution in [0.15, 0.2) is 0 Å². The molecule has 96 valence electrons. The molecule has 0 saturated carbocycles. The largest absolute Gasteiger partial charge is 0.381 e. The Hall–Kier alpha value is -0.610. The van der Waals surface area contributed by atoms with Gasteiger partial charge >= 0.3 is 0 Å². The summed E-state index contributed by atoms with van der Waals surface area (Å²) >= 11 is 5.91. The Morgan fingerprint density at radius 1 is 1.47 bits per heavy atom. The van der Waals surface area contributed by atoms with Gasteiger partial charge in [0.2, 0.25) is 0 Å². The highest BCUT2D eigenvalue weighted by Gasteiger charge is 2.23. The van der Waals surface area contributed by atoms with E-state index in [9.17, 15) is 0 Å². The van der Waals surface area contributed by atoms with Crippen LogP contribution in [0.1, 0.15) is 44.3 Å². The number of hydrogen-bond donors (Lipinski definition) is 0. The fourth-order valence-electron chi connectivity index (χ4n) is 2.26. The first kappa shape index (κ1) is 12.8. The summed E-state index contributed by atoms with van der Waals surface area (Å²) in [4.78, 5) is 0. The molecule has 0 radical (unpaired) electrons. The summed E-state index contributed by atoms with van der Waals surface area (Å²) in [6, 6.07) is 0. The van der Waals surface area contributed by atoms with Gasteiger partial charge in [-0.2, -0.15) is 0 Å². The Kier molecular flexibility index (Phi) is 4.40. The van der Waals surface area contributed by atoms with Crippen molar-refractivity contribution in [1.82, 2.24) is 14.8 Å². The molecule has 1 aromatic rings. The van der Waals surface area contributed by atoms with Crippen LogP contribution in [0.4, 0.5) is 0 Å². The number of alkyl halides is 1. The molecule has 1 saturated heterocycles. The first-order valence-corrected chi connectivity index (χ1v) is 6.81. The fourth-order valence-corrected chi connectivity index (χ4v) is 2.46. The second kappa shape index (κ2) is 5.83. The van der Waals surface area contributed by atoms with Crippen molar-refractivity contribution in [2.75, 3.05) is 13.2 Å². The number of hydrogen-bond acceptors (Lipinski definition) is 3. The summed E-state index contributed by atoms with van der Waals surface area (Å²) in [6.07, 6.45) is 2.24. The summed E-state index contributed by atoms with van der Waals surface area (Å²) in [7, 11) is 0. The molecule has 0 amide bonds. The van der Waals surface area contributed by atoms with Crippen molar-refractivity contribution in [3.8, 4) is 0 Å². The van der Waals surface area contributed by atoms with Gasteiger partial charge in [0.05, 0.1) is 12.5 Å². The zero-order valence-electron chi connectivity index (χ0n) is 10.5. The van der Waals surface area contributed by atoms with Gasteiger partial charge in [0.1, 0.15) is 11.6 Å². The van der Waals surface area contributed by atoms with Gasteiger partial charge in [-0.05, 0) is 18.8 Å². The fraction of sp³-hybridized carbons (Fsp3) is 0.833. The Labute approximate surface area is 107 Å². The van der Waals surface area contributed by atoms with Crippen molar-refractivity contribution in [3.63, 3.8) is 0 Å². The van der Waals surface area contributed by atoms with Crippen molar-refractivity contribution in [2.24, 2.45) is 5.92 Å². The van der Waals surface area contributed by atoms with Crippen LogP contribution in [-0.2, 0) is 17.2 Å². The van der Waals surface area contributed by atoms with E-state index in [-0.39, 0.29) is 0 Å². The smallest absolute Gasteiger partial charge is 0.147 e. The number of nitrogens with zero attached hydrogens (tertiary/aromatic N) is 3. The van der Waals surface area contributed by atoms with E-state index in [1.807, 2.05) is 0 Å². The molecular weight excluding hydrogens is 238 g/mol. The van der Waals surface area contributed by atoms with Crippen LogP contribution in [0.25, 0.3) is 0 Å². The van der Waals surface area contributed by atoms with Crippen LogP contribution in [-0.4, -0.2) is 28.0 Å². The van der Waals surface area contributed by atoms with Gasteiger partial charge in [0, 0.05) is 19.1 Å². The van der Waals surface area contributed by atoms with Crippen molar-refractivity contribution in [3.05, 3.63) is 11.6 Å². The van der Waals surface area contributed by atoms with Crippen molar-refractivity contribution < 1.29 is 4.74 Å². The maximum Gasteiger partial charge on any atom is 0.147 e. The minimum Gasteiger partial charge on any atom is -0.381 e. The molecule has 1 unspecified atom stereocenters. The highest BCUT2D eigenvalue weighted by molar-refractivity contribution is 6.16. The third-order valence-corrected chi connectivity index (χ3v) is 3.29. The van der Waals surface area contributed by atoms with Crippen LogP contribution < -0.4 is 0 Å². The van der Waals surface area contributed by atoms with Gasteiger partial charge in [-0.25, -0.2) is 0 Å². The summed E-state index contributed by atoms with van der Waals surface area (Å²) in [5.74, 6) is 3.30. The van der Waals surface area contributed by atoms with Gasteiger partial charge in [0.25, 0.3) is 0 Å². The summed E-state index contributed by atoms with van der Waals surface area (Å²) in [6.45, 7) is 6.95. The molecule has 1 aliphatic rings. The molecule has 1 aromatic heterocycles. The van der Waals surface area contributed by atoms with E-state index in [0.717, 1.165) is 44.2 Å². The van der Waals surface area contributed by atoms with E-state index in [0.29, 0.717) is 17.7 Å². The predicted molar refractivity (Wildman–Crippen MR) is 67.2 cm³/mol. The van der Waals surface area contributed by atoms with Gasteiger partial charge in [-0.3, -0.25) is 0 Å².